The first-order chi connectivity index (χ1) is 9.02. The number of aromatic nitrogens is 2. The van der Waals surface area contributed by atoms with E-state index in [0.29, 0.717) is 5.03 Å². The van der Waals surface area contributed by atoms with Crippen molar-refractivity contribution in [2.75, 3.05) is 0 Å². The molecule has 0 fully saturated rings. The number of nitrogens with one attached hydrogen (secondary N) is 1. The smallest absolute Gasteiger partial charge is 0.101 e. The van der Waals surface area contributed by atoms with Crippen molar-refractivity contribution in [1.82, 2.24) is 10.2 Å². The van der Waals surface area contributed by atoms with Crippen LogP contribution >= 0.6 is 10.4 Å². The molecule has 0 aliphatic heterocycles. The van der Waals surface area contributed by atoms with Crippen molar-refractivity contribution in [1.29, 1.82) is 0 Å². The zero-order valence-electron chi connectivity index (χ0n) is 15.1. The first kappa shape index (κ1) is 21.8. The van der Waals surface area contributed by atoms with Gasteiger partial charge in [-0.3, -0.25) is 5.10 Å². The molecular weight excluding hydrogens is 271 g/mol. The Bertz CT molecular complexity index is 320. The highest BCUT2D eigenvalue weighted by molar-refractivity contribution is 8.31. The van der Waals surface area contributed by atoms with Crippen LogP contribution < -0.4 is 0 Å². The van der Waals surface area contributed by atoms with Gasteiger partial charge in [0.25, 0.3) is 0 Å². The van der Waals surface area contributed by atoms with Crippen LogP contribution in [0.3, 0.4) is 0 Å². The highest BCUT2D eigenvalue weighted by Crippen LogP contribution is 2.73. The Kier molecular flexibility index (Phi) is 9.48. The Morgan fingerprint density at radius 2 is 1.40 bits per heavy atom. The molecule has 0 amide bonds. The van der Waals surface area contributed by atoms with Gasteiger partial charge in [-0.25, -0.2) is 0 Å². The maximum Gasteiger partial charge on any atom is 0.101 e. The third-order valence-electron chi connectivity index (χ3n) is 2.47. The first-order valence-electron chi connectivity index (χ1n) is 7.53. The molecule has 0 radical (unpaired) electrons. The fourth-order valence-corrected chi connectivity index (χ4v) is 5.56. The van der Waals surface area contributed by atoms with E-state index in [-0.39, 0.29) is 0 Å². The number of halogens is 1. The molecule has 2 nitrogen and oxygen atoms in total. The van der Waals surface area contributed by atoms with Crippen LogP contribution in [0.15, 0.2) is 17.3 Å². The third-order valence-corrected chi connectivity index (χ3v) is 6.67. The van der Waals surface area contributed by atoms with E-state index in [1.165, 1.54) is 6.42 Å². The molecule has 0 spiro atoms. The van der Waals surface area contributed by atoms with E-state index >= 15 is 3.89 Å². The molecule has 1 N–H and O–H groups in total. The maximum atomic E-state index is 15.4. The minimum atomic E-state index is -2.42. The number of hydrogen-bond acceptors (Lipinski definition) is 1. The second kappa shape index (κ2) is 8.71. The van der Waals surface area contributed by atoms with Gasteiger partial charge < -0.3 is 0 Å². The molecule has 0 saturated heterocycles. The van der Waals surface area contributed by atoms with Gasteiger partial charge in [0.15, 0.2) is 0 Å². The average Bonchev–Trinajstić information content (AvgIpc) is 2.82. The molecule has 1 aromatic heterocycles. The van der Waals surface area contributed by atoms with E-state index in [0.717, 1.165) is 0 Å². The summed E-state index contributed by atoms with van der Waals surface area (Å²) in [6.07, 6.45) is 2.87. The van der Waals surface area contributed by atoms with Crippen molar-refractivity contribution in [3.05, 3.63) is 12.3 Å². The lowest BCUT2D eigenvalue weighted by atomic mass is 10.2. The van der Waals surface area contributed by atoms with Gasteiger partial charge in [0.05, 0.1) is 0 Å². The van der Waals surface area contributed by atoms with Crippen molar-refractivity contribution < 1.29 is 3.89 Å². The van der Waals surface area contributed by atoms with Gasteiger partial charge in [-0.15, -0.1) is 0 Å². The minimum Gasteiger partial charge on any atom is -0.271 e. The summed E-state index contributed by atoms with van der Waals surface area (Å²) in [6, 6.07) is 1.76. The number of aromatic amines is 1. The highest BCUT2D eigenvalue weighted by atomic mass is 32.3. The van der Waals surface area contributed by atoms with Gasteiger partial charge in [0.2, 0.25) is 0 Å². The lowest BCUT2D eigenvalue weighted by Gasteiger charge is -2.50. The summed E-state index contributed by atoms with van der Waals surface area (Å²) in [4.78, 5) is 0. The van der Waals surface area contributed by atoms with Gasteiger partial charge >= 0.3 is 0 Å². The average molecular weight is 307 g/mol. The van der Waals surface area contributed by atoms with Crippen LogP contribution in [0.5, 0.6) is 0 Å². The Hall–Kier alpha value is -0.510. The summed E-state index contributed by atoms with van der Waals surface area (Å²) in [5.41, 5.74) is 0. The van der Waals surface area contributed by atoms with Crippen LogP contribution in [0.25, 0.3) is 0 Å². The summed E-state index contributed by atoms with van der Waals surface area (Å²) < 4.78 is 14.6. The van der Waals surface area contributed by atoms with Gasteiger partial charge in [0, 0.05) is 15.7 Å². The predicted octanol–water partition coefficient (Wildman–Crippen LogP) is 6.50. The molecule has 0 unspecified atom stereocenters. The largest absolute Gasteiger partial charge is 0.271 e. The van der Waals surface area contributed by atoms with E-state index in [9.17, 15) is 0 Å². The monoisotopic (exact) mass is 306 g/mol. The summed E-state index contributed by atoms with van der Waals surface area (Å²) in [6.45, 7) is 20.0. The normalized spacial score (nSPS) is 12.8. The van der Waals surface area contributed by atoms with Crippen molar-refractivity contribution in [3.8, 4) is 0 Å². The number of hydrogen-bond donors (Lipinski definition) is 1. The molecule has 0 aliphatic rings. The van der Waals surface area contributed by atoms with E-state index in [1.807, 2.05) is 55.4 Å². The van der Waals surface area contributed by atoms with E-state index in [4.69, 9.17) is 0 Å². The fraction of sp³-hybridized carbons (Fsp3) is 0.812. The molecule has 0 aromatic carbocycles. The topological polar surface area (TPSA) is 28.7 Å². The van der Waals surface area contributed by atoms with Crippen LogP contribution in [0, 0.1) is 0 Å². The van der Waals surface area contributed by atoms with Gasteiger partial charge in [-0.2, -0.15) is 8.98 Å². The van der Waals surface area contributed by atoms with Crippen LogP contribution in [0.2, 0.25) is 0 Å². The molecule has 0 saturated carbocycles. The molecule has 0 aliphatic carbocycles. The van der Waals surface area contributed by atoms with Crippen molar-refractivity contribution in [2.24, 2.45) is 0 Å². The maximum absolute atomic E-state index is 15.4. The molecule has 0 atom stereocenters. The summed E-state index contributed by atoms with van der Waals surface area (Å²) in [5, 5.41) is 7.32. The lowest BCUT2D eigenvalue weighted by Crippen LogP contribution is -2.35. The lowest BCUT2D eigenvalue weighted by molar-refractivity contribution is 0.633. The van der Waals surface area contributed by atoms with E-state index in [2.05, 4.69) is 24.0 Å². The van der Waals surface area contributed by atoms with Gasteiger partial charge in [-0.1, -0.05) is 34.1 Å². The van der Waals surface area contributed by atoms with Crippen LogP contribution in [-0.2, 0) is 0 Å². The van der Waals surface area contributed by atoms with Crippen molar-refractivity contribution in [3.63, 3.8) is 0 Å². The number of rotatable bonds is 1. The summed E-state index contributed by atoms with van der Waals surface area (Å²) >= 11 is 0. The number of nitrogens with zero attached hydrogens (tertiary/aromatic N) is 1. The van der Waals surface area contributed by atoms with Crippen molar-refractivity contribution >= 4 is 10.4 Å². The predicted molar refractivity (Wildman–Crippen MR) is 92.4 cm³/mol. The number of H-pyrrole nitrogens is 1. The summed E-state index contributed by atoms with van der Waals surface area (Å²) in [7, 11) is -2.42. The van der Waals surface area contributed by atoms with Gasteiger partial charge in [0.1, 0.15) is 5.03 Å². The molecule has 1 aromatic rings. The Morgan fingerprint density at radius 1 is 1.05 bits per heavy atom. The third kappa shape index (κ3) is 5.12. The van der Waals surface area contributed by atoms with Crippen molar-refractivity contribution in [2.45, 2.75) is 90.2 Å². The minimum absolute atomic E-state index is 0.391. The Balaban J connectivity index is 0. The zero-order valence-corrected chi connectivity index (χ0v) is 15.9. The molecule has 20 heavy (non-hydrogen) atoms. The van der Waals surface area contributed by atoms with Crippen LogP contribution in [-0.4, -0.2) is 19.7 Å². The highest BCUT2D eigenvalue weighted by Gasteiger charge is 2.49. The molecule has 1 heterocycles. The molecule has 1 rings (SSSR count). The first-order valence-corrected chi connectivity index (χ1v) is 9.07. The quantitative estimate of drug-likeness (QED) is 0.630. The van der Waals surface area contributed by atoms with Crippen LogP contribution in [0.4, 0.5) is 3.89 Å². The molecule has 0 bridgehead atoms. The molecule has 122 valence electrons. The second-order valence-corrected chi connectivity index (χ2v) is 10.4. The second-order valence-electron chi connectivity index (χ2n) is 6.39. The Morgan fingerprint density at radius 3 is 1.60 bits per heavy atom. The Labute approximate surface area is 127 Å². The van der Waals surface area contributed by atoms with Crippen LogP contribution in [0.1, 0.15) is 75.7 Å². The summed E-state index contributed by atoms with van der Waals surface area (Å²) in [5.74, 6) is 0. The van der Waals surface area contributed by atoms with E-state index < -0.39 is 19.9 Å². The van der Waals surface area contributed by atoms with E-state index in [1.54, 1.807) is 12.3 Å². The van der Waals surface area contributed by atoms with Gasteiger partial charge in [-0.05, 0) is 58.0 Å². The standard InChI is InChI=1S/C11H21FN2S.C3H8.C2H6/c1-10(2,3)15(12,11(4,5)6)9-7-8-13-14-9;1-3-2;1-2/h7-8H,1-6H3,(H,13,14);3H2,1-2H3;1-2H3. The molecule has 4 heteroatoms. The zero-order chi connectivity index (χ0) is 16.6. The molecular formula is C16H35FN2S. The fourth-order valence-electron chi connectivity index (χ4n) is 1.98. The SMILES string of the molecule is CC.CC(C)(C)S(F)(c1ccn[nH]1)C(C)(C)C.CCC.